The van der Waals surface area contributed by atoms with Crippen LogP contribution in [0.1, 0.15) is 24.2 Å². The number of aromatic nitrogens is 1. The average Bonchev–Trinajstić information content (AvgIpc) is 2.65. The summed E-state index contributed by atoms with van der Waals surface area (Å²) in [5, 5.41) is 6.03. The fourth-order valence-electron chi connectivity index (χ4n) is 2.30. The third kappa shape index (κ3) is 4.78. The number of carbonyl (C=O) groups excluding carboxylic acids is 1. The van der Waals surface area contributed by atoms with Crippen molar-refractivity contribution in [2.75, 3.05) is 38.5 Å². The maximum absolute atomic E-state index is 12.5. The van der Waals surface area contributed by atoms with E-state index in [4.69, 9.17) is 14.2 Å². The molecule has 0 aliphatic rings. The monoisotopic (exact) mass is 359 g/mol. The molecule has 1 amide bonds. The van der Waals surface area contributed by atoms with Gasteiger partial charge in [-0.3, -0.25) is 4.79 Å². The number of nitrogens with one attached hydrogen (secondary N) is 2. The van der Waals surface area contributed by atoms with Crippen molar-refractivity contribution < 1.29 is 19.0 Å². The number of nitrogens with zero attached hydrogens (tertiary/aromatic N) is 1. The number of rotatable bonds is 8. The Morgan fingerprint density at radius 3 is 2.19 bits per heavy atom. The lowest BCUT2D eigenvalue weighted by Crippen LogP contribution is -2.13. The fraction of sp³-hybridized carbons (Fsp3) is 0.368. The molecule has 2 rings (SSSR count). The molecule has 0 saturated carbocycles. The van der Waals surface area contributed by atoms with Gasteiger partial charge in [0, 0.05) is 30.6 Å². The number of anilines is 2. The van der Waals surface area contributed by atoms with Crippen LogP contribution in [0.5, 0.6) is 17.2 Å². The molecular weight excluding hydrogens is 334 g/mol. The van der Waals surface area contributed by atoms with E-state index in [-0.39, 0.29) is 5.91 Å². The number of ether oxygens (including phenoxy) is 3. The van der Waals surface area contributed by atoms with Crippen molar-refractivity contribution in [3.8, 4) is 17.2 Å². The van der Waals surface area contributed by atoms with Crippen molar-refractivity contribution in [2.24, 2.45) is 5.92 Å². The van der Waals surface area contributed by atoms with E-state index in [2.05, 4.69) is 29.5 Å². The SMILES string of the molecule is COc1cc(NC(=O)c2ccc(NCC(C)C)nc2)cc(OC)c1OC. The van der Waals surface area contributed by atoms with Gasteiger partial charge in [-0.1, -0.05) is 13.8 Å². The number of hydrogen-bond acceptors (Lipinski definition) is 6. The molecule has 0 aliphatic heterocycles. The van der Waals surface area contributed by atoms with Crippen molar-refractivity contribution in [2.45, 2.75) is 13.8 Å². The van der Waals surface area contributed by atoms with Crippen molar-refractivity contribution in [3.05, 3.63) is 36.0 Å². The van der Waals surface area contributed by atoms with Crippen LogP contribution in [-0.2, 0) is 0 Å². The van der Waals surface area contributed by atoms with E-state index in [1.54, 1.807) is 24.3 Å². The summed E-state index contributed by atoms with van der Waals surface area (Å²) in [4.78, 5) is 16.7. The molecule has 0 aliphatic carbocycles. The predicted molar refractivity (Wildman–Crippen MR) is 102 cm³/mol. The smallest absolute Gasteiger partial charge is 0.257 e. The van der Waals surface area contributed by atoms with Crippen LogP contribution in [0.25, 0.3) is 0 Å². The van der Waals surface area contributed by atoms with E-state index in [9.17, 15) is 4.79 Å². The van der Waals surface area contributed by atoms with E-state index in [0.29, 0.717) is 34.4 Å². The molecule has 1 aromatic heterocycles. The summed E-state index contributed by atoms with van der Waals surface area (Å²) in [6, 6.07) is 6.85. The van der Waals surface area contributed by atoms with Gasteiger partial charge >= 0.3 is 0 Å². The largest absolute Gasteiger partial charge is 0.493 e. The number of pyridine rings is 1. The molecule has 0 spiro atoms. The second-order valence-electron chi connectivity index (χ2n) is 6.08. The summed E-state index contributed by atoms with van der Waals surface area (Å²) in [6.45, 7) is 5.06. The number of methoxy groups -OCH3 is 3. The van der Waals surface area contributed by atoms with Crippen molar-refractivity contribution in [3.63, 3.8) is 0 Å². The van der Waals surface area contributed by atoms with Crippen molar-refractivity contribution in [1.82, 2.24) is 4.98 Å². The van der Waals surface area contributed by atoms with Crippen molar-refractivity contribution >= 4 is 17.4 Å². The van der Waals surface area contributed by atoms with E-state index < -0.39 is 0 Å². The molecule has 26 heavy (non-hydrogen) atoms. The van der Waals surface area contributed by atoms with Gasteiger partial charge in [0.2, 0.25) is 5.75 Å². The standard InChI is InChI=1S/C19H25N3O4/c1-12(2)10-20-17-7-6-13(11-21-17)19(23)22-14-8-15(24-3)18(26-5)16(9-14)25-4/h6-9,11-12H,10H2,1-5H3,(H,20,21)(H,22,23). The van der Waals surface area contributed by atoms with Gasteiger partial charge in [0.1, 0.15) is 5.82 Å². The maximum atomic E-state index is 12.5. The first-order chi connectivity index (χ1) is 12.5. The van der Waals surface area contributed by atoms with Gasteiger partial charge in [0.05, 0.1) is 26.9 Å². The number of carbonyl (C=O) groups is 1. The molecule has 2 aromatic rings. The Labute approximate surface area is 153 Å². The Morgan fingerprint density at radius 2 is 1.73 bits per heavy atom. The summed E-state index contributed by atoms with van der Waals surface area (Å²) in [6.07, 6.45) is 1.54. The number of benzene rings is 1. The molecule has 140 valence electrons. The summed E-state index contributed by atoms with van der Waals surface area (Å²) >= 11 is 0. The van der Waals surface area contributed by atoms with E-state index in [1.807, 2.05) is 0 Å². The van der Waals surface area contributed by atoms with Crippen LogP contribution in [0.2, 0.25) is 0 Å². The molecule has 1 aromatic carbocycles. The zero-order chi connectivity index (χ0) is 19.1. The molecular formula is C19H25N3O4. The predicted octanol–water partition coefficient (Wildman–Crippen LogP) is 3.43. The maximum Gasteiger partial charge on any atom is 0.257 e. The molecule has 0 radical (unpaired) electrons. The van der Waals surface area contributed by atoms with Crippen molar-refractivity contribution in [1.29, 1.82) is 0 Å². The lowest BCUT2D eigenvalue weighted by Gasteiger charge is -2.14. The third-order valence-corrected chi connectivity index (χ3v) is 3.64. The normalized spacial score (nSPS) is 10.4. The molecule has 2 N–H and O–H groups in total. The Balaban J connectivity index is 2.14. The first kappa shape index (κ1) is 19.4. The van der Waals surface area contributed by atoms with Crippen LogP contribution in [0, 0.1) is 5.92 Å². The van der Waals surface area contributed by atoms with Gasteiger partial charge < -0.3 is 24.8 Å². The second kappa shape index (κ2) is 8.94. The molecule has 0 unspecified atom stereocenters. The Hall–Kier alpha value is -2.96. The van der Waals surface area contributed by atoms with Gasteiger partial charge in [-0.05, 0) is 18.1 Å². The van der Waals surface area contributed by atoms with Gasteiger partial charge in [-0.2, -0.15) is 0 Å². The summed E-state index contributed by atoms with van der Waals surface area (Å²) in [5.41, 5.74) is 0.986. The lowest BCUT2D eigenvalue weighted by atomic mass is 10.2. The minimum atomic E-state index is -0.276. The minimum absolute atomic E-state index is 0.276. The first-order valence-electron chi connectivity index (χ1n) is 8.29. The molecule has 0 fully saturated rings. The Bertz CT molecular complexity index is 720. The van der Waals surface area contributed by atoms with Crippen LogP contribution in [0.15, 0.2) is 30.5 Å². The highest BCUT2D eigenvalue weighted by Gasteiger charge is 2.15. The molecule has 0 bridgehead atoms. The van der Waals surface area contributed by atoms with E-state index in [1.165, 1.54) is 27.5 Å². The zero-order valence-electron chi connectivity index (χ0n) is 15.8. The molecule has 0 saturated heterocycles. The minimum Gasteiger partial charge on any atom is -0.493 e. The Morgan fingerprint density at radius 1 is 1.08 bits per heavy atom. The number of hydrogen-bond donors (Lipinski definition) is 2. The average molecular weight is 359 g/mol. The summed E-state index contributed by atoms with van der Waals surface area (Å²) < 4.78 is 15.9. The number of amides is 1. The quantitative estimate of drug-likeness (QED) is 0.751. The lowest BCUT2D eigenvalue weighted by molar-refractivity contribution is 0.102. The summed E-state index contributed by atoms with van der Waals surface area (Å²) in [5.74, 6) is 2.38. The highest BCUT2D eigenvalue weighted by molar-refractivity contribution is 6.04. The second-order valence-corrected chi connectivity index (χ2v) is 6.08. The molecule has 0 atom stereocenters. The topological polar surface area (TPSA) is 81.7 Å². The van der Waals surface area contributed by atoms with Crippen LogP contribution in [0.4, 0.5) is 11.5 Å². The van der Waals surface area contributed by atoms with E-state index >= 15 is 0 Å². The molecule has 7 heteroatoms. The van der Waals surface area contributed by atoms with Gasteiger partial charge in [-0.25, -0.2) is 4.98 Å². The fourth-order valence-corrected chi connectivity index (χ4v) is 2.30. The first-order valence-corrected chi connectivity index (χ1v) is 8.29. The van der Waals surface area contributed by atoms with Crippen LogP contribution in [-0.4, -0.2) is 38.8 Å². The molecule has 1 heterocycles. The third-order valence-electron chi connectivity index (χ3n) is 3.64. The van der Waals surface area contributed by atoms with Gasteiger partial charge in [-0.15, -0.1) is 0 Å². The van der Waals surface area contributed by atoms with Gasteiger partial charge in [0.15, 0.2) is 11.5 Å². The van der Waals surface area contributed by atoms with Gasteiger partial charge in [0.25, 0.3) is 5.91 Å². The van der Waals surface area contributed by atoms with E-state index in [0.717, 1.165) is 12.4 Å². The highest BCUT2D eigenvalue weighted by atomic mass is 16.5. The van der Waals surface area contributed by atoms with Crippen LogP contribution >= 0.6 is 0 Å². The zero-order valence-corrected chi connectivity index (χ0v) is 15.8. The van der Waals surface area contributed by atoms with Crippen LogP contribution < -0.4 is 24.8 Å². The summed E-state index contributed by atoms with van der Waals surface area (Å²) in [7, 11) is 4.57. The Kier molecular flexibility index (Phi) is 6.66. The van der Waals surface area contributed by atoms with Crippen LogP contribution in [0.3, 0.4) is 0 Å². The molecule has 7 nitrogen and oxygen atoms in total. The highest BCUT2D eigenvalue weighted by Crippen LogP contribution is 2.40.